The van der Waals surface area contributed by atoms with E-state index in [4.69, 9.17) is 0 Å². The maximum Gasteiger partial charge on any atom is 0.253 e. The fourth-order valence-corrected chi connectivity index (χ4v) is 4.55. The molecule has 2 fully saturated rings. The number of piperidine rings is 1. The predicted octanol–water partition coefficient (Wildman–Crippen LogP) is 3.41. The Morgan fingerprint density at radius 1 is 1.03 bits per heavy atom. The lowest BCUT2D eigenvalue weighted by molar-refractivity contribution is -0.128. The summed E-state index contributed by atoms with van der Waals surface area (Å²) in [6.07, 6.45) is 2.39. The van der Waals surface area contributed by atoms with Crippen LogP contribution in [0.25, 0.3) is 0 Å². The highest BCUT2D eigenvalue weighted by atomic mass is 16.2. The third-order valence-electron chi connectivity index (χ3n) is 6.34. The molecule has 29 heavy (non-hydrogen) atoms. The zero-order valence-electron chi connectivity index (χ0n) is 17.3. The third kappa shape index (κ3) is 4.14. The van der Waals surface area contributed by atoms with E-state index in [-0.39, 0.29) is 17.2 Å². The summed E-state index contributed by atoms with van der Waals surface area (Å²) in [7, 11) is 3.96. The van der Waals surface area contributed by atoms with Gasteiger partial charge in [0.05, 0.1) is 0 Å². The van der Waals surface area contributed by atoms with E-state index in [0.29, 0.717) is 13.0 Å². The second-order valence-electron chi connectivity index (χ2n) is 8.65. The first kappa shape index (κ1) is 19.5. The van der Waals surface area contributed by atoms with E-state index in [1.807, 2.05) is 71.3 Å². The van der Waals surface area contributed by atoms with Gasteiger partial charge in [-0.15, -0.1) is 0 Å². The van der Waals surface area contributed by atoms with Crippen molar-refractivity contribution in [3.05, 3.63) is 65.7 Å². The van der Waals surface area contributed by atoms with E-state index in [1.165, 1.54) is 5.56 Å². The number of rotatable bonds is 4. The second kappa shape index (κ2) is 7.90. The molecular weight excluding hydrogens is 362 g/mol. The molecule has 4 rings (SSSR count). The van der Waals surface area contributed by atoms with Crippen LogP contribution in [0.5, 0.6) is 0 Å². The van der Waals surface area contributed by atoms with Gasteiger partial charge < -0.3 is 14.7 Å². The van der Waals surface area contributed by atoms with Crippen molar-refractivity contribution in [2.45, 2.75) is 25.8 Å². The summed E-state index contributed by atoms with van der Waals surface area (Å²) in [6.45, 7) is 2.93. The maximum absolute atomic E-state index is 13.0. The van der Waals surface area contributed by atoms with Crippen LogP contribution in [0.1, 0.15) is 35.2 Å². The van der Waals surface area contributed by atoms with Crippen LogP contribution in [0.3, 0.4) is 0 Å². The highest BCUT2D eigenvalue weighted by Crippen LogP contribution is 2.41. The molecule has 0 unspecified atom stereocenters. The molecule has 2 aliphatic rings. The Hall–Kier alpha value is -2.82. The summed E-state index contributed by atoms with van der Waals surface area (Å²) in [6, 6.07) is 18.0. The summed E-state index contributed by atoms with van der Waals surface area (Å²) in [5.41, 5.74) is 2.96. The van der Waals surface area contributed by atoms with Crippen molar-refractivity contribution in [3.8, 4) is 0 Å². The molecule has 2 saturated heterocycles. The Bertz CT molecular complexity index is 886. The minimum absolute atomic E-state index is 0.0220. The molecule has 2 amide bonds. The van der Waals surface area contributed by atoms with Gasteiger partial charge in [-0.3, -0.25) is 9.59 Å². The van der Waals surface area contributed by atoms with Crippen LogP contribution in [0.2, 0.25) is 0 Å². The number of carbonyl (C=O) groups excluding carboxylic acids is 2. The smallest absolute Gasteiger partial charge is 0.253 e. The van der Waals surface area contributed by atoms with Crippen LogP contribution in [-0.2, 0) is 11.3 Å². The Morgan fingerprint density at radius 3 is 2.45 bits per heavy atom. The normalized spacial score (nSPS) is 18.3. The van der Waals surface area contributed by atoms with Crippen molar-refractivity contribution >= 4 is 17.5 Å². The number of carbonyl (C=O) groups is 2. The highest BCUT2D eigenvalue weighted by Gasteiger charge is 2.45. The fourth-order valence-electron chi connectivity index (χ4n) is 4.55. The molecule has 0 saturated carbocycles. The Labute approximate surface area is 172 Å². The fraction of sp³-hybridized carbons (Fsp3) is 0.417. The average molecular weight is 392 g/mol. The van der Waals surface area contributed by atoms with Crippen molar-refractivity contribution in [1.82, 2.24) is 9.80 Å². The number of benzene rings is 2. The number of hydrogen-bond acceptors (Lipinski definition) is 3. The molecule has 1 spiro atoms. The number of hydrogen-bond donors (Lipinski definition) is 0. The standard InChI is InChI=1S/C24H29N3O2/c1-25(2)21-10-6-9-20(15-21)23(29)26-13-11-24(12-14-26)16-22(28)27(18-24)17-19-7-4-3-5-8-19/h3-10,15H,11-14,16-18H2,1-2H3. The zero-order chi connectivity index (χ0) is 20.4. The third-order valence-corrected chi connectivity index (χ3v) is 6.34. The molecule has 2 aromatic carbocycles. The Balaban J connectivity index is 1.38. The molecule has 152 valence electrons. The number of nitrogens with zero attached hydrogens (tertiary/aromatic N) is 3. The highest BCUT2D eigenvalue weighted by molar-refractivity contribution is 5.95. The first-order valence-electron chi connectivity index (χ1n) is 10.3. The van der Waals surface area contributed by atoms with Crippen LogP contribution in [-0.4, -0.2) is 55.3 Å². The molecule has 0 radical (unpaired) electrons. The average Bonchev–Trinajstić information content (AvgIpc) is 3.03. The van der Waals surface area contributed by atoms with E-state index in [2.05, 4.69) is 12.1 Å². The molecule has 2 aliphatic heterocycles. The first-order chi connectivity index (χ1) is 14.0. The summed E-state index contributed by atoms with van der Waals surface area (Å²) >= 11 is 0. The van der Waals surface area contributed by atoms with Crippen LogP contribution in [0.15, 0.2) is 54.6 Å². The first-order valence-corrected chi connectivity index (χ1v) is 10.3. The quantitative estimate of drug-likeness (QED) is 0.802. The van der Waals surface area contributed by atoms with Crippen molar-refractivity contribution in [3.63, 3.8) is 0 Å². The number of amides is 2. The number of anilines is 1. The van der Waals surface area contributed by atoms with E-state index in [1.54, 1.807) is 0 Å². The SMILES string of the molecule is CN(C)c1cccc(C(=O)N2CCC3(CC2)CC(=O)N(Cc2ccccc2)C3)c1. The molecule has 2 heterocycles. The van der Waals surface area contributed by atoms with E-state index in [0.717, 1.165) is 43.7 Å². The Kier molecular flexibility index (Phi) is 5.31. The molecular formula is C24H29N3O2. The monoisotopic (exact) mass is 391 g/mol. The Morgan fingerprint density at radius 2 is 1.76 bits per heavy atom. The van der Waals surface area contributed by atoms with Gasteiger partial charge in [0, 0.05) is 63.4 Å². The van der Waals surface area contributed by atoms with E-state index >= 15 is 0 Å². The predicted molar refractivity (Wildman–Crippen MR) is 115 cm³/mol. The largest absolute Gasteiger partial charge is 0.378 e. The summed E-state index contributed by atoms with van der Waals surface area (Å²) < 4.78 is 0. The second-order valence-corrected chi connectivity index (χ2v) is 8.65. The van der Waals surface area contributed by atoms with Gasteiger partial charge in [-0.05, 0) is 36.6 Å². The maximum atomic E-state index is 13.0. The van der Waals surface area contributed by atoms with Gasteiger partial charge in [0.1, 0.15) is 0 Å². The van der Waals surface area contributed by atoms with Crippen molar-refractivity contribution in [2.24, 2.45) is 5.41 Å². The van der Waals surface area contributed by atoms with Gasteiger partial charge in [0.2, 0.25) is 5.91 Å². The van der Waals surface area contributed by atoms with Crippen LogP contribution >= 0.6 is 0 Å². The topological polar surface area (TPSA) is 43.9 Å². The van der Waals surface area contributed by atoms with Gasteiger partial charge in [-0.25, -0.2) is 0 Å². The van der Waals surface area contributed by atoms with Gasteiger partial charge >= 0.3 is 0 Å². The van der Waals surface area contributed by atoms with Gasteiger partial charge in [0.15, 0.2) is 0 Å². The summed E-state index contributed by atoms with van der Waals surface area (Å²) in [4.78, 5) is 31.6. The summed E-state index contributed by atoms with van der Waals surface area (Å²) in [5, 5.41) is 0. The van der Waals surface area contributed by atoms with E-state index < -0.39 is 0 Å². The van der Waals surface area contributed by atoms with Crippen LogP contribution in [0.4, 0.5) is 5.69 Å². The van der Waals surface area contributed by atoms with Crippen molar-refractivity contribution in [2.75, 3.05) is 38.6 Å². The molecule has 0 atom stereocenters. The van der Waals surface area contributed by atoms with Gasteiger partial charge in [-0.1, -0.05) is 36.4 Å². The molecule has 0 aromatic heterocycles. The lowest BCUT2D eigenvalue weighted by atomic mass is 9.77. The molecule has 0 bridgehead atoms. The van der Waals surface area contributed by atoms with Crippen LogP contribution < -0.4 is 4.90 Å². The minimum Gasteiger partial charge on any atom is -0.378 e. The molecule has 5 heteroatoms. The van der Waals surface area contributed by atoms with E-state index in [9.17, 15) is 9.59 Å². The molecule has 2 aromatic rings. The lowest BCUT2D eigenvalue weighted by Gasteiger charge is -2.39. The van der Waals surface area contributed by atoms with Crippen molar-refractivity contribution in [1.29, 1.82) is 0 Å². The zero-order valence-corrected chi connectivity index (χ0v) is 17.3. The molecule has 5 nitrogen and oxygen atoms in total. The summed E-state index contributed by atoms with van der Waals surface area (Å²) in [5.74, 6) is 0.335. The van der Waals surface area contributed by atoms with Crippen LogP contribution in [0, 0.1) is 5.41 Å². The number of likely N-dealkylation sites (tertiary alicyclic amines) is 2. The lowest BCUT2D eigenvalue weighted by Crippen LogP contribution is -2.44. The molecule has 0 aliphatic carbocycles. The van der Waals surface area contributed by atoms with Gasteiger partial charge in [-0.2, -0.15) is 0 Å². The van der Waals surface area contributed by atoms with Crippen molar-refractivity contribution < 1.29 is 9.59 Å². The van der Waals surface area contributed by atoms with Gasteiger partial charge in [0.25, 0.3) is 5.91 Å². The minimum atomic E-state index is 0.0220. The molecule has 0 N–H and O–H groups in total.